The van der Waals surface area contributed by atoms with Crippen LogP contribution in [0.1, 0.15) is 27.0 Å². The molecule has 0 fully saturated rings. The first kappa shape index (κ1) is 21.4. The number of benzene rings is 3. The van der Waals surface area contributed by atoms with Gasteiger partial charge in [0, 0.05) is 30.7 Å². The molecule has 6 heteroatoms. The van der Waals surface area contributed by atoms with Crippen molar-refractivity contribution in [1.82, 2.24) is 24.9 Å². The number of carbonyl (C=O) groups is 1. The largest absolute Gasteiger partial charge is 0.348 e. The highest BCUT2D eigenvalue weighted by molar-refractivity contribution is 5.99. The molecule has 0 saturated heterocycles. The van der Waals surface area contributed by atoms with Crippen molar-refractivity contribution in [3.8, 4) is 11.3 Å². The third kappa shape index (κ3) is 5.13. The first-order chi connectivity index (χ1) is 16.7. The van der Waals surface area contributed by atoms with E-state index in [4.69, 9.17) is 5.10 Å². The summed E-state index contributed by atoms with van der Waals surface area (Å²) in [7, 11) is 0. The van der Waals surface area contributed by atoms with Crippen LogP contribution in [0.3, 0.4) is 0 Å². The van der Waals surface area contributed by atoms with Crippen LogP contribution in [-0.2, 0) is 19.6 Å². The second-order valence-corrected chi connectivity index (χ2v) is 8.14. The number of nitrogens with one attached hydrogen (secondary N) is 1. The summed E-state index contributed by atoms with van der Waals surface area (Å²) in [5.41, 5.74) is 5.50. The molecule has 0 aliphatic carbocycles. The highest BCUT2D eigenvalue weighted by Crippen LogP contribution is 2.22. The van der Waals surface area contributed by atoms with Crippen LogP contribution in [0.25, 0.3) is 11.3 Å². The maximum atomic E-state index is 13.2. The molecule has 0 radical (unpaired) electrons. The monoisotopic (exact) mass is 447 g/mol. The molecule has 1 amide bonds. The Morgan fingerprint density at radius 1 is 0.735 bits per heavy atom. The average Bonchev–Trinajstić information content (AvgIpc) is 3.55. The van der Waals surface area contributed by atoms with Crippen LogP contribution in [0.5, 0.6) is 0 Å². The third-order valence-electron chi connectivity index (χ3n) is 5.62. The smallest absolute Gasteiger partial charge is 0.255 e. The zero-order valence-corrected chi connectivity index (χ0v) is 18.7. The molecule has 168 valence electrons. The summed E-state index contributed by atoms with van der Waals surface area (Å²) in [5.74, 6) is -0.140. The first-order valence-corrected chi connectivity index (χ1v) is 11.2. The number of amides is 1. The molecule has 0 unspecified atom stereocenters. The van der Waals surface area contributed by atoms with Gasteiger partial charge in [0.25, 0.3) is 5.91 Å². The molecule has 2 heterocycles. The van der Waals surface area contributed by atoms with Gasteiger partial charge in [-0.2, -0.15) is 10.2 Å². The fourth-order valence-electron chi connectivity index (χ4n) is 3.87. The van der Waals surface area contributed by atoms with E-state index < -0.39 is 0 Å². The molecule has 0 spiro atoms. The van der Waals surface area contributed by atoms with Gasteiger partial charge in [-0.25, -0.2) is 0 Å². The van der Waals surface area contributed by atoms with Crippen LogP contribution in [0.15, 0.2) is 110 Å². The molecular weight excluding hydrogens is 422 g/mol. The molecule has 5 aromatic rings. The van der Waals surface area contributed by atoms with Crippen molar-refractivity contribution in [3.63, 3.8) is 0 Å². The number of carbonyl (C=O) groups excluding carboxylic acids is 1. The Labute approximate surface area is 198 Å². The summed E-state index contributed by atoms with van der Waals surface area (Å²) in [6.07, 6.45) is 5.55. The first-order valence-electron chi connectivity index (χ1n) is 11.2. The Morgan fingerprint density at radius 2 is 1.38 bits per heavy atom. The Kier molecular flexibility index (Phi) is 6.29. The molecule has 5 rings (SSSR count). The van der Waals surface area contributed by atoms with Crippen molar-refractivity contribution in [2.75, 3.05) is 0 Å². The minimum absolute atomic E-state index is 0.140. The lowest BCUT2D eigenvalue weighted by molar-refractivity contribution is 0.0951. The summed E-state index contributed by atoms with van der Waals surface area (Å²) in [6.45, 7) is 1.77. The summed E-state index contributed by atoms with van der Waals surface area (Å²) in [4.78, 5) is 13.2. The Hall–Kier alpha value is -4.45. The summed E-state index contributed by atoms with van der Waals surface area (Å²) in [5, 5.41) is 12.0. The lowest BCUT2D eigenvalue weighted by atomic mass is 10.1. The van der Waals surface area contributed by atoms with Gasteiger partial charge in [0.05, 0.1) is 18.7 Å². The molecule has 3 aromatic carbocycles. The minimum Gasteiger partial charge on any atom is -0.348 e. The van der Waals surface area contributed by atoms with Gasteiger partial charge in [-0.05, 0) is 22.8 Å². The fraction of sp³-hybridized carbons (Fsp3) is 0.107. The number of nitrogens with zero attached hydrogens (tertiary/aromatic N) is 4. The maximum Gasteiger partial charge on any atom is 0.255 e. The minimum atomic E-state index is -0.140. The Bertz CT molecular complexity index is 1340. The average molecular weight is 448 g/mol. The topological polar surface area (TPSA) is 64.7 Å². The van der Waals surface area contributed by atoms with E-state index in [0.717, 1.165) is 28.8 Å². The molecule has 0 aliphatic rings. The molecule has 0 bridgehead atoms. The van der Waals surface area contributed by atoms with Crippen molar-refractivity contribution >= 4 is 5.91 Å². The van der Waals surface area contributed by atoms with Gasteiger partial charge in [0.2, 0.25) is 0 Å². The Balaban J connectivity index is 1.31. The SMILES string of the molecule is O=C(NCc1ccc(Cn2cccn2)cc1)c1cn(Cc2ccccc2)nc1-c1ccccc1. The zero-order chi connectivity index (χ0) is 23.2. The van der Waals surface area contributed by atoms with E-state index in [0.29, 0.717) is 24.3 Å². The van der Waals surface area contributed by atoms with Crippen LogP contribution in [0, 0.1) is 0 Å². The molecule has 2 aromatic heterocycles. The predicted octanol–water partition coefficient (Wildman–Crippen LogP) is 4.77. The van der Waals surface area contributed by atoms with Crippen molar-refractivity contribution in [1.29, 1.82) is 0 Å². The van der Waals surface area contributed by atoms with E-state index in [-0.39, 0.29) is 5.91 Å². The van der Waals surface area contributed by atoms with E-state index in [9.17, 15) is 4.79 Å². The molecule has 0 aliphatic heterocycles. The zero-order valence-electron chi connectivity index (χ0n) is 18.7. The molecule has 34 heavy (non-hydrogen) atoms. The summed E-state index contributed by atoms with van der Waals surface area (Å²) < 4.78 is 3.71. The van der Waals surface area contributed by atoms with Crippen LogP contribution in [-0.4, -0.2) is 25.5 Å². The van der Waals surface area contributed by atoms with Gasteiger partial charge < -0.3 is 5.32 Å². The van der Waals surface area contributed by atoms with E-state index in [1.54, 1.807) is 6.20 Å². The van der Waals surface area contributed by atoms with E-state index in [2.05, 4.69) is 34.7 Å². The highest BCUT2D eigenvalue weighted by Gasteiger charge is 2.18. The maximum absolute atomic E-state index is 13.2. The van der Waals surface area contributed by atoms with Crippen LogP contribution in [0.2, 0.25) is 0 Å². The number of rotatable bonds is 8. The van der Waals surface area contributed by atoms with Crippen molar-refractivity contribution in [2.24, 2.45) is 0 Å². The quantitative estimate of drug-likeness (QED) is 0.373. The van der Waals surface area contributed by atoms with Crippen molar-refractivity contribution < 1.29 is 4.79 Å². The van der Waals surface area contributed by atoms with Gasteiger partial charge in [-0.15, -0.1) is 0 Å². The predicted molar refractivity (Wildman–Crippen MR) is 132 cm³/mol. The molecular formula is C28H25N5O. The van der Waals surface area contributed by atoms with Crippen molar-refractivity contribution in [3.05, 3.63) is 132 Å². The van der Waals surface area contributed by atoms with Gasteiger partial charge in [-0.1, -0.05) is 84.9 Å². The molecule has 0 atom stereocenters. The summed E-state index contributed by atoms with van der Waals surface area (Å²) >= 11 is 0. The number of aromatic nitrogens is 4. The summed E-state index contributed by atoms with van der Waals surface area (Å²) in [6, 6.07) is 30.1. The van der Waals surface area contributed by atoms with Crippen LogP contribution in [0.4, 0.5) is 0 Å². The number of hydrogen-bond acceptors (Lipinski definition) is 3. The molecule has 0 saturated carbocycles. The van der Waals surface area contributed by atoms with Gasteiger partial charge in [0.15, 0.2) is 0 Å². The number of hydrogen-bond donors (Lipinski definition) is 1. The highest BCUT2D eigenvalue weighted by atomic mass is 16.1. The fourth-order valence-corrected chi connectivity index (χ4v) is 3.87. The molecule has 1 N–H and O–H groups in total. The second-order valence-electron chi connectivity index (χ2n) is 8.14. The third-order valence-corrected chi connectivity index (χ3v) is 5.62. The van der Waals surface area contributed by atoms with Crippen LogP contribution < -0.4 is 5.32 Å². The standard InChI is InChI=1S/C28H25N5O/c34-28(29-18-22-12-14-24(15-13-22)19-32-17-7-16-30-32)26-21-33(20-23-8-3-1-4-9-23)31-27(26)25-10-5-2-6-11-25/h1-17,21H,18-20H2,(H,29,34). The van der Waals surface area contributed by atoms with Gasteiger partial charge in [0.1, 0.15) is 5.69 Å². The van der Waals surface area contributed by atoms with Crippen LogP contribution >= 0.6 is 0 Å². The lowest BCUT2D eigenvalue weighted by Gasteiger charge is -2.07. The Morgan fingerprint density at radius 3 is 2.09 bits per heavy atom. The van der Waals surface area contributed by atoms with E-state index in [1.807, 2.05) is 88.5 Å². The molecule has 6 nitrogen and oxygen atoms in total. The van der Waals surface area contributed by atoms with Crippen molar-refractivity contribution in [2.45, 2.75) is 19.6 Å². The van der Waals surface area contributed by atoms with Gasteiger partial charge in [-0.3, -0.25) is 14.2 Å². The van der Waals surface area contributed by atoms with Gasteiger partial charge >= 0.3 is 0 Å². The van der Waals surface area contributed by atoms with E-state index >= 15 is 0 Å². The second kappa shape index (κ2) is 10.0. The van der Waals surface area contributed by atoms with E-state index in [1.165, 1.54) is 0 Å². The lowest BCUT2D eigenvalue weighted by Crippen LogP contribution is -2.23. The normalized spacial score (nSPS) is 10.8.